The first-order valence-electron chi connectivity index (χ1n) is 10.8. The molecule has 4 rings (SSSR count). The van der Waals surface area contributed by atoms with Gasteiger partial charge in [-0.05, 0) is 46.9 Å². The average molecular weight is 491 g/mol. The van der Waals surface area contributed by atoms with Crippen LogP contribution in [0.15, 0.2) is 60.7 Å². The van der Waals surface area contributed by atoms with E-state index in [-0.39, 0.29) is 0 Å². The van der Waals surface area contributed by atoms with Crippen molar-refractivity contribution in [1.82, 2.24) is 0 Å². The van der Waals surface area contributed by atoms with Crippen LogP contribution in [0.4, 0.5) is 8.78 Å². The van der Waals surface area contributed by atoms with E-state index in [0.717, 1.165) is 28.8 Å². The van der Waals surface area contributed by atoms with Gasteiger partial charge >= 0.3 is 0 Å². The van der Waals surface area contributed by atoms with Crippen molar-refractivity contribution in [2.75, 3.05) is 6.61 Å². The zero-order valence-electron chi connectivity index (χ0n) is 18.3. The van der Waals surface area contributed by atoms with E-state index in [1.54, 1.807) is 18.2 Å². The summed E-state index contributed by atoms with van der Waals surface area (Å²) in [7, 11) is 0. The first kappa shape index (κ1) is 24.7. The van der Waals surface area contributed by atoms with Gasteiger partial charge in [0.15, 0.2) is 0 Å². The Bertz CT molecular complexity index is 1130. The molecule has 5 nitrogen and oxygen atoms in total. The summed E-state index contributed by atoms with van der Waals surface area (Å²) < 4.78 is 33.9. The van der Waals surface area contributed by atoms with Crippen molar-refractivity contribution < 1.29 is 33.9 Å². The molecule has 1 saturated heterocycles. The zero-order valence-corrected chi connectivity index (χ0v) is 19.0. The Morgan fingerprint density at radius 2 is 1.53 bits per heavy atom. The van der Waals surface area contributed by atoms with E-state index >= 15 is 0 Å². The summed E-state index contributed by atoms with van der Waals surface area (Å²) in [5.74, 6) is -2.29. The summed E-state index contributed by atoms with van der Waals surface area (Å²) >= 11 is 5.60. The van der Waals surface area contributed by atoms with Gasteiger partial charge in [0.2, 0.25) is 0 Å². The van der Waals surface area contributed by atoms with E-state index < -0.39 is 59.7 Å². The van der Waals surface area contributed by atoms with Crippen LogP contribution < -0.4 is 0 Å². The van der Waals surface area contributed by atoms with Crippen LogP contribution in [0.3, 0.4) is 0 Å². The topological polar surface area (TPSA) is 90.2 Å². The van der Waals surface area contributed by atoms with Gasteiger partial charge in [0.25, 0.3) is 0 Å². The molecule has 0 unspecified atom stereocenters. The van der Waals surface area contributed by atoms with Gasteiger partial charge in [-0.25, -0.2) is 8.78 Å². The SMILES string of the molecule is Cc1cc(-c2cc(F)c(Cl)c(F)c2)ccc1[C@@H](c1ccccc1)[C@H]1O[C@H](CO)[C@@H](O)[C@H](O)[C@@H]1O. The molecule has 1 heterocycles. The van der Waals surface area contributed by atoms with Crippen LogP contribution in [0.1, 0.15) is 22.6 Å². The Morgan fingerprint density at radius 3 is 2.12 bits per heavy atom. The number of halogens is 3. The third kappa shape index (κ3) is 4.60. The van der Waals surface area contributed by atoms with E-state index in [0.29, 0.717) is 11.1 Å². The van der Waals surface area contributed by atoms with E-state index in [9.17, 15) is 29.2 Å². The summed E-state index contributed by atoms with van der Waals surface area (Å²) in [4.78, 5) is 0. The maximum atomic E-state index is 14.0. The molecule has 3 aromatic carbocycles. The molecule has 0 spiro atoms. The molecule has 4 N–H and O–H groups in total. The molecule has 6 atom stereocenters. The standard InChI is InChI=1S/C26H25ClF2O5/c1-13-9-15(16-10-18(28)22(27)19(29)11-16)7-8-17(13)21(14-5-3-2-4-6-14)26-25(33)24(32)23(31)20(12-30)34-26/h2-11,20-21,23-26,30-33H,12H2,1H3/t20-,21-,23-,24+,25+,26-/m1/s1. The second-order valence-corrected chi connectivity index (χ2v) is 8.89. The van der Waals surface area contributed by atoms with Crippen LogP contribution in [-0.2, 0) is 4.74 Å². The van der Waals surface area contributed by atoms with Gasteiger partial charge in [-0.15, -0.1) is 0 Å². The molecule has 0 aromatic heterocycles. The lowest BCUT2D eigenvalue weighted by atomic mass is 9.78. The molecular weight excluding hydrogens is 466 g/mol. The number of hydrogen-bond acceptors (Lipinski definition) is 5. The van der Waals surface area contributed by atoms with Crippen LogP contribution in [0, 0.1) is 18.6 Å². The highest BCUT2D eigenvalue weighted by atomic mass is 35.5. The van der Waals surface area contributed by atoms with Gasteiger partial charge in [-0.1, -0.05) is 60.1 Å². The van der Waals surface area contributed by atoms with Crippen molar-refractivity contribution in [2.24, 2.45) is 0 Å². The van der Waals surface area contributed by atoms with Crippen LogP contribution in [0.2, 0.25) is 5.02 Å². The smallest absolute Gasteiger partial charge is 0.145 e. The van der Waals surface area contributed by atoms with Gasteiger partial charge in [0.1, 0.15) is 41.1 Å². The minimum Gasteiger partial charge on any atom is -0.394 e. The summed E-state index contributed by atoms with van der Waals surface area (Å²) in [6.07, 6.45) is -6.43. The molecule has 0 saturated carbocycles. The fraction of sp³-hybridized carbons (Fsp3) is 0.308. The molecule has 8 heteroatoms. The molecule has 180 valence electrons. The third-order valence-corrected chi connectivity index (χ3v) is 6.70. The number of rotatable bonds is 5. The molecule has 1 aliphatic heterocycles. The zero-order chi connectivity index (χ0) is 24.6. The van der Waals surface area contributed by atoms with Gasteiger partial charge in [0, 0.05) is 5.92 Å². The van der Waals surface area contributed by atoms with E-state index in [1.165, 1.54) is 0 Å². The van der Waals surface area contributed by atoms with E-state index in [4.69, 9.17) is 16.3 Å². The predicted octanol–water partition coefficient (Wildman–Crippen LogP) is 3.57. The van der Waals surface area contributed by atoms with Crippen LogP contribution in [0.5, 0.6) is 0 Å². The Balaban J connectivity index is 1.79. The molecule has 1 aliphatic rings. The van der Waals surface area contributed by atoms with Gasteiger partial charge < -0.3 is 25.2 Å². The minimum atomic E-state index is -1.51. The normalized spacial score (nSPS) is 25.8. The van der Waals surface area contributed by atoms with Crippen LogP contribution in [-0.4, -0.2) is 57.6 Å². The quantitative estimate of drug-likeness (QED) is 0.411. The summed E-state index contributed by atoms with van der Waals surface area (Å²) in [5, 5.41) is 40.5. The Morgan fingerprint density at radius 1 is 0.882 bits per heavy atom. The van der Waals surface area contributed by atoms with E-state index in [1.807, 2.05) is 37.3 Å². The number of aliphatic hydroxyl groups is 4. The Labute approximate surface area is 200 Å². The molecule has 0 aliphatic carbocycles. The summed E-state index contributed by atoms with van der Waals surface area (Å²) in [6, 6.07) is 16.7. The molecule has 0 radical (unpaired) electrons. The van der Waals surface area contributed by atoms with Crippen LogP contribution >= 0.6 is 11.6 Å². The molecule has 34 heavy (non-hydrogen) atoms. The lowest BCUT2D eigenvalue weighted by Gasteiger charge is -2.43. The lowest BCUT2D eigenvalue weighted by molar-refractivity contribution is -0.232. The Hall–Kier alpha value is -2.39. The minimum absolute atomic E-state index is 0.318. The fourth-order valence-corrected chi connectivity index (χ4v) is 4.65. The molecule has 0 bridgehead atoms. The summed E-state index contributed by atoms with van der Waals surface area (Å²) in [5.41, 5.74) is 3.16. The highest BCUT2D eigenvalue weighted by molar-refractivity contribution is 6.31. The van der Waals surface area contributed by atoms with Crippen molar-refractivity contribution in [2.45, 2.75) is 43.4 Å². The largest absolute Gasteiger partial charge is 0.394 e. The number of hydrogen-bond donors (Lipinski definition) is 4. The van der Waals surface area contributed by atoms with Crippen molar-refractivity contribution in [3.63, 3.8) is 0 Å². The predicted molar refractivity (Wildman–Crippen MR) is 124 cm³/mol. The molecular formula is C26H25ClF2O5. The number of aliphatic hydroxyl groups excluding tert-OH is 4. The van der Waals surface area contributed by atoms with E-state index in [2.05, 4.69) is 0 Å². The second-order valence-electron chi connectivity index (χ2n) is 8.51. The van der Waals surface area contributed by atoms with Crippen molar-refractivity contribution in [1.29, 1.82) is 0 Å². The van der Waals surface area contributed by atoms with Crippen LogP contribution in [0.25, 0.3) is 11.1 Å². The van der Waals surface area contributed by atoms with Gasteiger partial charge in [-0.3, -0.25) is 0 Å². The van der Waals surface area contributed by atoms with Crippen molar-refractivity contribution >= 4 is 11.6 Å². The first-order chi connectivity index (χ1) is 16.2. The highest BCUT2D eigenvalue weighted by Gasteiger charge is 2.47. The lowest BCUT2D eigenvalue weighted by Crippen LogP contribution is -2.60. The maximum absolute atomic E-state index is 14.0. The fourth-order valence-electron chi connectivity index (χ4n) is 4.54. The molecule has 0 amide bonds. The van der Waals surface area contributed by atoms with Crippen molar-refractivity contribution in [3.8, 4) is 11.1 Å². The number of ether oxygens (including phenoxy) is 1. The summed E-state index contributed by atoms with van der Waals surface area (Å²) in [6.45, 7) is 1.29. The first-order valence-corrected chi connectivity index (χ1v) is 11.2. The monoisotopic (exact) mass is 490 g/mol. The average Bonchev–Trinajstić information content (AvgIpc) is 2.83. The third-order valence-electron chi connectivity index (χ3n) is 6.34. The van der Waals surface area contributed by atoms with Gasteiger partial charge in [0.05, 0.1) is 12.7 Å². The number of benzene rings is 3. The van der Waals surface area contributed by atoms with Crippen molar-refractivity contribution in [3.05, 3.63) is 94.0 Å². The highest BCUT2D eigenvalue weighted by Crippen LogP contribution is 2.39. The number of aryl methyl sites for hydroxylation is 1. The second kappa shape index (κ2) is 10.1. The Kier molecular flexibility index (Phi) is 7.33. The molecule has 3 aromatic rings. The van der Waals surface area contributed by atoms with Gasteiger partial charge in [-0.2, -0.15) is 0 Å². The molecule has 1 fully saturated rings. The maximum Gasteiger partial charge on any atom is 0.145 e.